The number of nitrogens with zero attached hydrogens (tertiary/aromatic N) is 1. The molecule has 4 bridgehead atoms. The summed E-state index contributed by atoms with van der Waals surface area (Å²) in [6.07, 6.45) is 7.77. The molecule has 0 saturated heterocycles. The molecule has 4 aliphatic carbocycles. The molecule has 0 aliphatic heterocycles. The summed E-state index contributed by atoms with van der Waals surface area (Å²) in [5.74, 6) is 1.14. The van der Waals surface area contributed by atoms with Crippen molar-refractivity contribution >= 4 is 5.96 Å². The summed E-state index contributed by atoms with van der Waals surface area (Å²) in [6, 6.07) is 0. The molecule has 4 rings (SSSR count). The van der Waals surface area contributed by atoms with Crippen LogP contribution in [0.4, 0.5) is 0 Å². The van der Waals surface area contributed by atoms with Gasteiger partial charge < -0.3 is 11.5 Å². The summed E-state index contributed by atoms with van der Waals surface area (Å²) >= 11 is 0. The maximum Gasteiger partial charge on any atom is 0.186 e. The third-order valence-corrected chi connectivity index (χ3v) is 4.96. The lowest BCUT2D eigenvalue weighted by Gasteiger charge is -2.64. The highest BCUT2D eigenvalue weighted by atomic mass is 15.0. The molecule has 2 atom stereocenters. The summed E-state index contributed by atoms with van der Waals surface area (Å²) in [5, 5.41) is 0. The Labute approximate surface area is 97.7 Å². The highest BCUT2D eigenvalue weighted by molar-refractivity contribution is 5.76. The van der Waals surface area contributed by atoms with Crippen LogP contribution in [0.25, 0.3) is 0 Å². The van der Waals surface area contributed by atoms with Gasteiger partial charge >= 0.3 is 0 Å². The number of aliphatic imine (C=N–C) groups is 1. The van der Waals surface area contributed by atoms with E-state index in [4.69, 9.17) is 11.5 Å². The summed E-state index contributed by atoms with van der Waals surface area (Å²) in [6.45, 7) is 4.87. The van der Waals surface area contributed by atoms with Crippen molar-refractivity contribution < 1.29 is 0 Å². The highest BCUT2D eigenvalue weighted by Crippen LogP contribution is 2.67. The van der Waals surface area contributed by atoms with Crippen LogP contribution in [-0.2, 0) is 0 Å². The minimum Gasteiger partial charge on any atom is -0.370 e. The second kappa shape index (κ2) is 2.74. The van der Waals surface area contributed by atoms with Gasteiger partial charge in [-0.1, -0.05) is 13.8 Å². The molecule has 0 aromatic rings. The molecule has 90 valence electrons. The monoisotopic (exact) mass is 221 g/mol. The van der Waals surface area contributed by atoms with Crippen LogP contribution in [0.5, 0.6) is 0 Å². The van der Waals surface area contributed by atoms with Gasteiger partial charge in [0.05, 0.1) is 5.54 Å². The molecular weight excluding hydrogens is 198 g/mol. The first-order valence-electron chi connectivity index (χ1n) is 6.43. The number of nitrogens with two attached hydrogens (primary N) is 2. The predicted octanol–water partition coefficient (Wildman–Crippen LogP) is 2.01. The van der Waals surface area contributed by atoms with E-state index in [-0.39, 0.29) is 11.5 Å². The molecule has 2 unspecified atom stereocenters. The average molecular weight is 221 g/mol. The normalized spacial score (nSPS) is 54.0. The van der Waals surface area contributed by atoms with E-state index in [9.17, 15) is 0 Å². The van der Waals surface area contributed by atoms with Crippen LogP contribution in [0.1, 0.15) is 52.4 Å². The number of hydrogen-bond donors (Lipinski definition) is 2. The lowest BCUT2D eigenvalue weighted by Crippen LogP contribution is -2.58. The molecule has 0 radical (unpaired) electrons. The van der Waals surface area contributed by atoms with Crippen LogP contribution in [0.15, 0.2) is 4.99 Å². The van der Waals surface area contributed by atoms with Crippen molar-refractivity contribution in [2.24, 2.45) is 33.2 Å². The van der Waals surface area contributed by atoms with Gasteiger partial charge in [-0.05, 0) is 55.3 Å². The van der Waals surface area contributed by atoms with Crippen LogP contribution in [0, 0.1) is 16.7 Å². The molecule has 0 aromatic heterocycles. The lowest BCUT2D eigenvalue weighted by molar-refractivity contribution is -0.104. The topological polar surface area (TPSA) is 64.4 Å². The standard InChI is InChI=1S/C13H23N3/c1-11-3-9-4-12(2,6-11)8-13(5-9,7-11)16-10(14)15/h9H,3-8H2,1-2H3,(H4,14,15,16). The van der Waals surface area contributed by atoms with E-state index in [2.05, 4.69) is 18.8 Å². The first-order valence-corrected chi connectivity index (χ1v) is 6.43. The van der Waals surface area contributed by atoms with Crippen molar-refractivity contribution in [3.05, 3.63) is 0 Å². The fraction of sp³-hybridized carbons (Fsp3) is 0.923. The average Bonchev–Trinajstić information content (AvgIpc) is 1.91. The van der Waals surface area contributed by atoms with Gasteiger partial charge in [0.15, 0.2) is 5.96 Å². The van der Waals surface area contributed by atoms with Crippen LogP contribution in [0.2, 0.25) is 0 Å². The van der Waals surface area contributed by atoms with Gasteiger partial charge in [0.2, 0.25) is 0 Å². The smallest absolute Gasteiger partial charge is 0.186 e. The van der Waals surface area contributed by atoms with Gasteiger partial charge in [-0.3, -0.25) is 0 Å². The van der Waals surface area contributed by atoms with Gasteiger partial charge in [-0.2, -0.15) is 0 Å². The van der Waals surface area contributed by atoms with Crippen molar-refractivity contribution in [3.63, 3.8) is 0 Å². The largest absolute Gasteiger partial charge is 0.370 e. The lowest BCUT2D eigenvalue weighted by atomic mass is 9.43. The summed E-state index contributed by atoms with van der Waals surface area (Å²) in [7, 11) is 0. The molecular formula is C13H23N3. The fourth-order valence-electron chi connectivity index (χ4n) is 5.79. The van der Waals surface area contributed by atoms with Gasteiger partial charge in [-0.15, -0.1) is 0 Å². The van der Waals surface area contributed by atoms with Crippen LogP contribution in [0.3, 0.4) is 0 Å². The molecule has 0 spiro atoms. The maximum absolute atomic E-state index is 5.63. The van der Waals surface area contributed by atoms with E-state index in [0.717, 1.165) is 5.92 Å². The fourth-order valence-corrected chi connectivity index (χ4v) is 5.79. The molecule has 4 fully saturated rings. The zero-order chi connectivity index (χ0) is 11.6. The van der Waals surface area contributed by atoms with E-state index >= 15 is 0 Å². The third-order valence-electron chi connectivity index (χ3n) is 4.96. The third kappa shape index (κ3) is 1.44. The van der Waals surface area contributed by atoms with Crippen molar-refractivity contribution in [1.82, 2.24) is 0 Å². The molecule has 3 heteroatoms. The van der Waals surface area contributed by atoms with Gasteiger partial charge in [0.1, 0.15) is 0 Å². The van der Waals surface area contributed by atoms with Crippen LogP contribution < -0.4 is 11.5 Å². The molecule has 4 N–H and O–H groups in total. The van der Waals surface area contributed by atoms with Crippen molar-refractivity contribution in [1.29, 1.82) is 0 Å². The molecule has 16 heavy (non-hydrogen) atoms. The molecule has 0 heterocycles. The molecule has 4 saturated carbocycles. The Morgan fingerprint density at radius 2 is 1.56 bits per heavy atom. The Morgan fingerprint density at radius 3 is 2.00 bits per heavy atom. The molecule has 4 aliphatic rings. The van der Waals surface area contributed by atoms with Crippen LogP contribution >= 0.6 is 0 Å². The zero-order valence-electron chi connectivity index (χ0n) is 10.4. The van der Waals surface area contributed by atoms with Crippen molar-refractivity contribution in [2.45, 2.75) is 57.9 Å². The predicted molar refractivity (Wildman–Crippen MR) is 65.9 cm³/mol. The van der Waals surface area contributed by atoms with E-state index in [1.165, 1.54) is 38.5 Å². The van der Waals surface area contributed by atoms with E-state index in [0.29, 0.717) is 10.8 Å². The van der Waals surface area contributed by atoms with E-state index in [1.807, 2.05) is 0 Å². The SMILES string of the molecule is CC12CC3CC(C)(C1)CC(N=C(N)N)(C3)C2. The van der Waals surface area contributed by atoms with Crippen molar-refractivity contribution in [3.8, 4) is 0 Å². The van der Waals surface area contributed by atoms with Gasteiger partial charge in [-0.25, -0.2) is 4.99 Å². The first kappa shape index (κ1) is 10.4. The van der Waals surface area contributed by atoms with Gasteiger partial charge in [0, 0.05) is 0 Å². The molecule has 0 aromatic carbocycles. The van der Waals surface area contributed by atoms with Crippen molar-refractivity contribution in [2.75, 3.05) is 0 Å². The Balaban J connectivity index is 2.01. The second-order valence-corrected chi connectivity index (χ2v) is 7.39. The molecule has 0 amide bonds. The highest BCUT2D eigenvalue weighted by Gasteiger charge is 2.60. The minimum absolute atomic E-state index is 0.0851. The summed E-state index contributed by atoms with van der Waals surface area (Å²) in [5.41, 5.74) is 12.3. The number of guanidine groups is 1. The van der Waals surface area contributed by atoms with E-state index < -0.39 is 0 Å². The second-order valence-electron chi connectivity index (χ2n) is 7.39. The van der Waals surface area contributed by atoms with Gasteiger partial charge in [0.25, 0.3) is 0 Å². The summed E-state index contributed by atoms with van der Waals surface area (Å²) in [4.78, 5) is 4.63. The maximum atomic E-state index is 5.63. The zero-order valence-corrected chi connectivity index (χ0v) is 10.4. The Kier molecular flexibility index (Phi) is 1.79. The first-order chi connectivity index (χ1) is 7.32. The number of rotatable bonds is 1. The Bertz CT molecular complexity index is 338. The number of hydrogen-bond acceptors (Lipinski definition) is 1. The van der Waals surface area contributed by atoms with E-state index in [1.54, 1.807) is 0 Å². The Morgan fingerprint density at radius 1 is 1.00 bits per heavy atom. The quantitative estimate of drug-likeness (QED) is 0.525. The van der Waals surface area contributed by atoms with Crippen LogP contribution in [-0.4, -0.2) is 11.5 Å². The Hall–Kier alpha value is -0.730. The minimum atomic E-state index is 0.0851. The molecule has 3 nitrogen and oxygen atoms in total. The summed E-state index contributed by atoms with van der Waals surface area (Å²) < 4.78 is 0.